The summed E-state index contributed by atoms with van der Waals surface area (Å²) in [5, 5.41) is 11.7. The lowest BCUT2D eigenvalue weighted by molar-refractivity contribution is -0.137. The number of hydrogen-bond donors (Lipinski definition) is 2. The van der Waals surface area contributed by atoms with Crippen LogP contribution in [-0.4, -0.2) is 31.3 Å². The van der Waals surface area contributed by atoms with Crippen LogP contribution in [0.25, 0.3) is 0 Å². The van der Waals surface area contributed by atoms with Gasteiger partial charge in [-0.3, -0.25) is 4.79 Å². The van der Waals surface area contributed by atoms with Gasteiger partial charge in [0.15, 0.2) is 9.84 Å². The lowest BCUT2D eigenvalue weighted by Gasteiger charge is -2.26. The average molecular weight is 255 g/mol. The van der Waals surface area contributed by atoms with E-state index in [-0.39, 0.29) is 17.1 Å². The zero-order valence-corrected chi connectivity index (χ0v) is 10.1. The number of carbonyl (C=O) groups is 1. The molecule has 0 saturated carbocycles. The first kappa shape index (κ1) is 11.9. The van der Waals surface area contributed by atoms with Crippen LogP contribution in [-0.2, 0) is 14.6 Å². The van der Waals surface area contributed by atoms with Gasteiger partial charge in [-0.05, 0) is 24.6 Å². The number of hydrogen-bond acceptors (Lipinski definition) is 4. The third kappa shape index (κ3) is 2.41. The van der Waals surface area contributed by atoms with Gasteiger partial charge in [0.25, 0.3) is 0 Å². The molecule has 0 aromatic heterocycles. The summed E-state index contributed by atoms with van der Waals surface area (Å²) in [6, 6.07) is 4.45. The molecule has 0 aliphatic carbocycles. The Bertz CT molecular complexity index is 565. The van der Waals surface area contributed by atoms with E-state index in [1.54, 1.807) is 18.2 Å². The molecule has 17 heavy (non-hydrogen) atoms. The Morgan fingerprint density at radius 3 is 2.88 bits per heavy atom. The van der Waals surface area contributed by atoms with Crippen LogP contribution in [0.1, 0.15) is 12.0 Å². The molecule has 1 aromatic rings. The van der Waals surface area contributed by atoms with Crippen LogP contribution in [0.2, 0.25) is 0 Å². The molecule has 2 N–H and O–H groups in total. The van der Waals surface area contributed by atoms with Gasteiger partial charge in [0, 0.05) is 0 Å². The molecule has 0 saturated heterocycles. The molecular weight excluding hydrogens is 242 g/mol. The Kier molecular flexibility index (Phi) is 2.82. The van der Waals surface area contributed by atoms with Gasteiger partial charge in [0.05, 0.1) is 28.8 Å². The Labute approximate surface area is 99.4 Å². The van der Waals surface area contributed by atoms with Gasteiger partial charge < -0.3 is 10.4 Å². The first-order chi connectivity index (χ1) is 7.88. The molecule has 1 aliphatic rings. The number of anilines is 1. The van der Waals surface area contributed by atoms with E-state index in [2.05, 4.69) is 5.32 Å². The Morgan fingerprint density at radius 1 is 1.53 bits per heavy atom. The second-order valence-corrected chi connectivity index (χ2v) is 6.22. The highest BCUT2D eigenvalue weighted by molar-refractivity contribution is 7.91. The van der Waals surface area contributed by atoms with Crippen molar-refractivity contribution in [3.8, 4) is 0 Å². The Balaban J connectivity index is 2.41. The molecule has 0 bridgehead atoms. The molecule has 92 valence electrons. The zero-order valence-electron chi connectivity index (χ0n) is 9.30. The number of sulfone groups is 1. The van der Waals surface area contributed by atoms with Gasteiger partial charge in [0.2, 0.25) is 0 Å². The summed E-state index contributed by atoms with van der Waals surface area (Å²) >= 11 is 0. The van der Waals surface area contributed by atoms with Crippen molar-refractivity contribution in [1.29, 1.82) is 0 Å². The summed E-state index contributed by atoms with van der Waals surface area (Å²) in [6.45, 7) is 1.86. The number of nitrogens with one attached hydrogen (secondary N) is 1. The molecule has 5 nitrogen and oxygen atoms in total. The third-order valence-electron chi connectivity index (χ3n) is 2.67. The van der Waals surface area contributed by atoms with Crippen LogP contribution in [0.5, 0.6) is 0 Å². The first-order valence-corrected chi connectivity index (χ1v) is 6.85. The summed E-state index contributed by atoms with van der Waals surface area (Å²) in [5.41, 5.74) is 1.44. The molecule has 0 radical (unpaired) electrons. The number of benzene rings is 1. The average Bonchev–Trinajstić information content (AvgIpc) is 2.13. The van der Waals surface area contributed by atoms with Crippen molar-refractivity contribution < 1.29 is 18.3 Å². The fraction of sp³-hybridized carbons (Fsp3) is 0.364. The van der Waals surface area contributed by atoms with Gasteiger partial charge >= 0.3 is 5.97 Å². The second-order valence-electron chi connectivity index (χ2n) is 4.22. The van der Waals surface area contributed by atoms with Crippen LogP contribution in [0.3, 0.4) is 0 Å². The summed E-state index contributed by atoms with van der Waals surface area (Å²) in [4.78, 5) is 10.9. The third-order valence-corrected chi connectivity index (χ3v) is 4.54. The maximum Gasteiger partial charge on any atom is 0.305 e. The molecule has 0 fully saturated rings. The smallest absolute Gasteiger partial charge is 0.305 e. The minimum absolute atomic E-state index is 0.171. The van der Waals surface area contributed by atoms with Gasteiger partial charge in [-0.25, -0.2) is 8.42 Å². The number of rotatable bonds is 2. The molecule has 2 rings (SSSR count). The van der Waals surface area contributed by atoms with Crippen LogP contribution in [0.4, 0.5) is 5.69 Å². The molecule has 0 amide bonds. The van der Waals surface area contributed by atoms with Gasteiger partial charge in [-0.15, -0.1) is 0 Å². The zero-order chi connectivity index (χ0) is 12.6. The van der Waals surface area contributed by atoms with E-state index in [9.17, 15) is 13.2 Å². The normalized spacial score (nSPS) is 21.4. The van der Waals surface area contributed by atoms with E-state index >= 15 is 0 Å². The highest BCUT2D eigenvalue weighted by Gasteiger charge is 2.30. The molecule has 6 heteroatoms. The van der Waals surface area contributed by atoms with Crippen LogP contribution >= 0.6 is 0 Å². The SMILES string of the molecule is Cc1ccc2c(c1)NC(CC(=O)O)CS2(=O)=O. The van der Waals surface area contributed by atoms with Crippen molar-refractivity contribution in [3.63, 3.8) is 0 Å². The van der Waals surface area contributed by atoms with E-state index in [4.69, 9.17) is 5.11 Å². The quantitative estimate of drug-likeness (QED) is 0.825. The molecule has 1 aromatic carbocycles. The van der Waals surface area contributed by atoms with Crippen LogP contribution in [0.15, 0.2) is 23.1 Å². The highest BCUT2D eigenvalue weighted by Crippen LogP contribution is 2.30. The van der Waals surface area contributed by atoms with Gasteiger partial charge in [-0.1, -0.05) is 6.07 Å². The molecule has 1 aliphatic heterocycles. The number of aryl methyl sites for hydroxylation is 1. The van der Waals surface area contributed by atoms with Crippen LogP contribution < -0.4 is 5.32 Å². The minimum atomic E-state index is -3.38. The fourth-order valence-electron chi connectivity index (χ4n) is 1.96. The Morgan fingerprint density at radius 2 is 2.24 bits per heavy atom. The Hall–Kier alpha value is -1.56. The van der Waals surface area contributed by atoms with Crippen LogP contribution in [0, 0.1) is 6.92 Å². The number of carboxylic acids is 1. The predicted molar refractivity (Wildman–Crippen MR) is 62.9 cm³/mol. The van der Waals surface area contributed by atoms with Gasteiger partial charge in [0.1, 0.15) is 0 Å². The number of aliphatic carboxylic acids is 1. The van der Waals surface area contributed by atoms with E-state index in [0.29, 0.717) is 5.69 Å². The summed E-state index contributed by atoms with van der Waals surface area (Å²) in [6.07, 6.45) is -0.202. The topological polar surface area (TPSA) is 83.5 Å². The lowest BCUT2D eigenvalue weighted by Crippen LogP contribution is -2.35. The largest absolute Gasteiger partial charge is 0.481 e. The lowest BCUT2D eigenvalue weighted by atomic mass is 10.1. The predicted octanol–water partition coefficient (Wildman–Crippen LogP) is 1.04. The summed E-state index contributed by atoms with van der Waals surface area (Å²) in [7, 11) is -3.38. The summed E-state index contributed by atoms with van der Waals surface area (Å²) in [5.74, 6) is -1.18. The monoisotopic (exact) mass is 255 g/mol. The van der Waals surface area contributed by atoms with E-state index in [1.807, 2.05) is 6.92 Å². The fourth-order valence-corrected chi connectivity index (χ4v) is 3.60. The highest BCUT2D eigenvalue weighted by atomic mass is 32.2. The van der Waals surface area contributed by atoms with Crippen molar-refractivity contribution in [2.24, 2.45) is 0 Å². The molecular formula is C11H13NO4S. The van der Waals surface area contributed by atoms with Crippen molar-refractivity contribution >= 4 is 21.5 Å². The number of carboxylic acid groups (broad SMARTS) is 1. The van der Waals surface area contributed by atoms with E-state index in [1.165, 1.54) is 0 Å². The van der Waals surface area contributed by atoms with Crippen molar-refractivity contribution in [3.05, 3.63) is 23.8 Å². The van der Waals surface area contributed by atoms with Crippen molar-refractivity contribution in [1.82, 2.24) is 0 Å². The minimum Gasteiger partial charge on any atom is -0.481 e. The first-order valence-electron chi connectivity index (χ1n) is 5.20. The van der Waals surface area contributed by atoms with Crippen molar-refractivity contribution in [2.75, 3.05) is 11.1 Å². The van der Waals surface area contributed by atoms with Gasteiger partial charge in [-0.2, -0.15) is 0 Å². The molecule has 1 atom stereocenters. The molecule has 0 spiro atoms. The molecule has 1 unspecified atom stereocenters. The molecule has 1 heterocycles. The van der Waals surface area contributed by atoms with E-state index < -0.39 is 21.8 Å². The van der Waals surface area contributed by atoms with E-state index in [0.717, 1.165) is 5.56 Å². The summed E-state index contributed by atoms with van der Waals surface area (Å²) < 4.78 is 23.9. The second kappa shape index (κ2) is 4.03. The number of fused-ring (bicyclic) bond motifs is 1. The maximum atomic E-state index is 11.9. The standard InChI is InChI=1S/C11H13NO4S/c1-7-2-3-10-9(4-7)12-8(5-11(13)14)6-17(10,15)16/h2-4,8,12H,5-6H2,1H3,(H,13,14). The maximum absolute atomic E-state index is 11.9. The van der Waals surface area contributed by atoms with Crippen molar-refractivity contribution in [2.45, 2.75) is 24.3 Å².